The first kappa shape index (κ1) is 12.5. The molecule has 2 aromatic heterocycles. The van der Waals surface area contributed by atoms with E-state index in [1.165, 1.54) is 12.8 Å². The first-order valence-electron chi connectivity index (χ1n) is 6.86. The van der Waals surface area contributed by atoms with E-state index in [0.717, 1.165) is 36.5 Å². The van der Waals surface area contributed by atoms with Crippen molar-refractivity contribution < 1.29 is 4.79 Å². The predicted molar refractivity (Wildman–Crippen MR) is 78.0 cm³/mol. The van der Waals surface area contributed by atoms with Crippen LogP contribution in [-0.4, -0.2) is 28.5 Å². The number of carbonyl (C=O) groups excluding carboxylic acids is 1. The first-order chi connectivity index (χ1) is 9.36. The van der Waals surface area contributed by atoms with Gasteiger partial charge in [-0.2, -0.15) is 0 Å². The highest BCUT2D eigenvalue weighted by Gasteiger charge is 2.21. The summed E-state index contributed by atoms with van der Waals surface area (Å²) in [5.41, 5.74) is 1.00. The van der Waals surface area contributed by atoms with Crippen molar-refractivity contribution >= 4 is 17.2 Å². The summed E-state index contributed by atoms with van der Waals surface area (Å²) >= 11 is 1.54. The molecule has 0 N–H and O–H groups in total. The molecule has 1 amide bonds. The minimum atomic E-state index is 0.195. The van der Waals surface area contributed by atoms with E-state index in [9.17, 15) is 4.79 Å². The van der Waals surface area contributed by atoms with E-state index in [1.54, 1.807) is 11.3 Å². The fraction of sp³-hybridized carbons (Fsp3) is 0.400. The topological polar surface area (TPSA) is 25.2 Å². The second-order valence-corrected chi connectivity index (χ2v) is 5.85. The van der Waals surface area contributed by atoms with Crippen molar-refractivity contribution in [2.75, 3.05) is 13.1 Å². The second-order valence-electron chi connectivity index (χ2n) is 4.93. The Morgan fingerprint density at radius 1 is 1.05 bits per heavy atom. The summed E-state index contributed by atoms with van der Waals surface area (Å²) < 4.78 is 2.02. The third-order valence-corrected chi connectivity index (χ3v) is 4.51. The van der Waals surface area contributed by atoms with Crippen LogP contribution in [0.2, 0.25) is 0 Å². The molecule has 0 bridgehead atoms. The van der Waals surface area contributed by atoms with Crippen molar-refractivity contribution in [3.05, 3.63) is 40.8 Å². The normalized spacial score (nSPS) is 16.3. The molecule has 3 rings (SSSR count). The lowest BCUT2D eigenvalue weighted by Gasteiger charge is -2.20. The lowest BCUT2D eigenvalue weighted by Crippen LogP contribution is -2.31. The Morgan fingerprint density at radius 2 is 1.74 bits per heavy atom. The number of likely N-dealkylation sites (tertiary alicyclic amines) is 1. The van der Waals surface area contributed by atoms with Gasteiger partial charge in [0.15, 0.2) is 0 Å². The Labute approximate surface area is 117 Å². The number of carbonyl (C=O) groups is 1. The highest BCUT2D eigenvalue weighted by molar-refractivity contribution is 7.12. The van der Waals surface area contributed by atoms with Gasteiger partial charge in [0.2, 0.25) is 0 Å². The molecule has 2 aromatic rings. The van der Waals surface area contributed by atoms with Crippen molar-refractivity contribution in [2.45, 2.75) is 25.7 Å². The van der Waals surface area contributed by atoms with Gasteiger partial charge in [-0.25, -0.2) is 0 Å². The average molecular weight is 274 g/mol. The Kier molecular flexibility index (Phi) is 3.69. The van der Waals surface area contributed by atoms with Crippen LogP contribution in [0.15, 0.2) is 36.0 Å². The van der Waals surface area contributed by atoms with Gasteiger partial charge in [0.25, 0.3) is 5.91 Å². The largest absolute Gasteiger partial charge is 0.338 e. The highest BCUT2D eigenvalue weighted by Crippen LogP contribution is 2.24. The summed E-state index contributed by atoms with van der Waals surface area (Å²) in [5, 5.41) is 2.00. The zero-order chi connectivity index (χ0) is 13.1. The number of hydrogen-bond donors (Lipinski definition) is 0. The maximum absolute atomic E-state index is 12.7. The van der Waals surface area contributed by atoms with Crippen LogP contribution < -0.4 is 0 Å². The van der Waals surface area contributed by atoms with Crippen LogP contribution in [0.4, 0.5) is 0 Å². The fourth-order valence-electron chi connectivity index (χ4n) is 2.58. The maximum atomic E-state index is 12.7. The van der Waals surface area contributed by atoms with E-state index in [2.05, 4.69) is 0 Å². The van der Waals surface area contributed by atoms with Gasteiger partial charge in [-0.15, -0.1) is 11.3 Å². The molecule has 1 aliphatic rings. The number of hydrogen-bond acceptors (Lipinski definition) is 2. The van der Waals surface area contributed by atoms with Crippen molar-refractivity contribution in [3.8, 4) is 5.69 Å². The van der Waals surface area contributed by atoms with Gasteiger partial charge < -0.3 is 9.47 Å². The smallest absolute Gasteiger partial charge is 0.266 e. The Hall–Kier alpha value is -1.55. The van der Waals surface area contributed by atoms with Crippen LogP contribution in [0.1, 0.15) is 35.4 Å². The third-order valence-electron chi connectivity index (χ3n) is 3.61. The highest BCUT2D eigenvalue weighted by atomic mass is 32.1. The molecule has 100 valence electrons. The van der Waals surface area contributed by atoms with E-state index in [0.29, 0.717) is 0 Å². The van der Waals surface area contributed by atoms with E-state index in [4.69, 9.17) is 0 Å². The van der Waals surface area contributed by atoms with Gasteiger partial charge >= 0.3 is 0 Å². The minimum Gasteiger partial charge on any atom is -0.338 e. The lowest BCUT2D eigenvalue weighted by molar-refractivity contribution is 0.0766. The molecule has 0 unspecified atom stereocenters. The van der Waals surface area contributed by atoms with Gasteiger partial charge in [0.1, 0.15) is 4.88 Å². The quantitative estimate of drug-likeness (QED) is 0.822. The SMILES string of the molecule is O=C(c1sccc1-n1cccc1)N1CCCCCC1. The van der Waals surface area contributed by atoms with Crippen LogP contribution in [0, 0.1) is 0 Å². The molecule has 0 radical (unpaired) electrons. The maximum Gasteiger partial charge on any atom is 0.266 e. The monoisotopic (exact) mass is 274 g/mol. The number of thiophene rings is 1. The summed E-state index contributed by atoms with van der Waals surface area (Å²) in [6.07, 6.45) is 8.74. The van der Waals surface area contributed by atoms with E-state index in [1.807, 2.05) is 45.4 Å². The van der Waals surface area contributed by atoms with Crippen molar-refractivity contribution in [2.24, 2.45) is 0 Å². The molecule has 1 saturated heterocycles. The van der Waals surface area contributed by atoms with Crippen LogP contribution >= 0.6 is 11.3 Å². The molecule has 0 spiro atoms. The number of amides is 1. The zero-order valence-corrected chi connectivity index (χ0v) is 11.7. The summed E-state index contributed by atoms with van der Waals surface area (Å²) in [6, 6.07) is 5.99. The molecule has 19 heavy (non-hydrogen) atoms. The molecule has 1 aliphatic heterocycles. The molecule has 0 aliphatic carbocycles. The number of rotatable bonds is 2. The average Bonchev–Trinajstić information content (AvgIpc) is 3.03. The minimum absolute atomic E-state index is 0.195. The molecule has 3 heterocycles. The predicted octanol–water partition coefficient (Wildman–Crippen LogP) is 3.56. The third kappa shape index (κ3) is 2.59. The Bertz CT molecular complexity index is 536. The Balaban J connectivity index is 1.86. The van der Waals surface area contributed by atoms with Crippen LogP contribution in [0.25, 0.3) is 5.69 Å². The van der Waals surface area contributed by atoms with Gasteiger partial charge in [-0.3, -0.25) is 4.79 Å². The summed E-state index contributed by atoms with van der Waals surface area (Å²) in [7, 11) is 0. The van der Waals surface area contributed by atoms with Gasteiger partial charge in [-0.1, -0.05) is 12.8 Å². The number of nitrogens with zero attached hydrogens (tertiary/aromatic N) is 2. The fourth-order valence-corrected chi connectivity index (χ4v) is 3.44. The van der Waals surface area contributed by atoms with Crippen molar-refractivity contribution in [1.82, 2.24) is 9.47 Å². The lowest BCUT2D eigenvalue weighted by atomic mass is 10.2. The van der Waals surface area contributed by atoms with E-state index >= 15 is 0 Å². The Morgan fingerprint density at radius 3 is 2.42 bits per heavy atom. The van der Waals surface area contributed by atoms with Crippen LogP contribution in [-0.2, 0) is 0 Å². The summed E-state index contributed by atoms with van der Waals surface area (Å²) in [4.78, 5) is 15.5. The zero-order valence-electron chi connectivity index (χ0n) is 10.9. The van der Waals surface area contributed by atoms with Crippen molar-refractivity contribution in [1.29, 1.82) is 0 Å². The van der Waals surface area contributed by atoms with Crippen LogP contribution in [0.5, 0.6) is 0 Å². The molecular formula is C15H18N2OS. The molecule has 4 heteroatoms. The van der Waals surface area contributed by atoms with Gasteiger partial charge in [0, 0.05) is 25.5 Å². The standard InChI is InChI=1S/C15H18N2OS/c18-15(17-10-3-1-2-4-11-17)14-13(7-12-19-14)16-8-5-6-9-16/h5-9,12H,1-4,10-11H2. The molecule has 1 fully saturated rings. The molecular weight excluding hydrogens is 256 g/mol. The summed E-state index contributed by atoms with van der Waals surface area (Å²) in [5.74, 6) is 0.195. The molecule has 0 atom stereocenters. The number of aromatic nitrogens is 1. The van der Waals surface area contributed by atoms with Gasteiger partial charge in [0.05, 0.1) is 5.69 Å². The van der Waals surface area contributed by atoms with Crippen LogP contribution in [0.3, 0.4) is 0 Å². The molecule has 3 nitrogen and oxygen atoms in total. The van der Waals surface area contributed by atoms with Gasteiger partial charge in [-0.05, 0) is 36.4 Å². The first-order valence-corrected chi connectivity index (χ1v) is 7.74. The van der Waals surface area contributed by atoms with Crippen molar-refractivity contribution in [3.63, 3.8) is 0 Å². The molecule has 0 aromatic carbocycles. The summed E-state index contributed by atoms with van der Waals surface area (Å²) in [6.45, 7) is 1.81. The van der Waals surface area contributed by atoms with E-state index in [-0.39, 0.29) is 5.91 Å². The second kappa shape index (κ2) is 5.61. The van der Waals surface area contributed by atoms with E-state index < -0.39 is 0 Å². The molecule has 0 saturated carbocycles.